The van der Waals surface area contributed by atoms with Crippen LogP contribution >= 0.6 is 11.3 Å². The van der Waals surface area contributed by atoms with Crippen molar-refractivity contribution in [2.24, 2.45) is 5.92 Å². The second-order valence-electron chi connectivity index (χ2n) is 5.70. The number of aromatic nitrogens is 1. The maximum Gasteiger partial charge on any atom is 0.308 e. The zero-order valence-electron chi connectivity index (χ0n) is 12.6. The molecule has 0 spiro atoms. The number of rotatable bonds is 4. The van der Waals surface area contributed by atoms with Crippen molar-refractivity contribution in [1.82, 2.24) is 9.88 Å². The Labute approximate surface area is 138 Å². The van der Waals surface area contributed by atoms with Crippen LogP contribution in [0.5, 0.6) is 0 Å². The molecule has 6 heteroatoms. The monoisotopic (exact) mass is 330 g/mol. The molecule has 0 bridgehead atoms. The summed E-state index contributed by atoms with van der Waals surface area (Å²) in [6, 6.07) is 9.86. The third-order valence-electron chi connectivity index (χ3n) is 4.03. The molecular formula is C17H18N2O3S. The number of aliphatic carboxylic acids is 1. The molecule has 1 N–H and O–H groups in total. The van der Waals surface area contributed by atoms with E-state index in [0.717, 1.165) is 22.7 Å². The third-order valence-corrected chi connectivity index (χ3v) is 4.97. The van der Waals surface area contributed by atoms with Gasteiger partial charge in [0, 0.05) is 24.0 Å². The van der Waals surface area contributed by atoms with Crippen LogP contribution in [0.4, 0.5) is 0 Å². The Morgan fingerprint density at radius 3 is 2.83 bits per heavy atom. The fraction of sp³-hybridized carbons (Fsp3) is 0.353. The average Bonchev–Trinajstić information content (AvgIpc) is 3.04. The normalized spacial score (nSPS) is 17.9. The molecule has 3 rings (SSSR count). The van der Waals surface area contributed by atoms with Crippen LogP contribution in [0.25, 0.3) is 10.6 Å². The van der Waals surface area contributed by atoms with Crippen LogP contribution in [0.3, 0.4) is 0 Å². The van der Waals surface area contributed by atoms with Crippen molar-refractivity contribution in [3.8, 4) is 10.6 Å². The molecule has 1 aromatic heterocycles. The van der Waals surface area contributed by atoms with Gasteiger partial charge in [0.1, 0.15) is 5.01 Å². The number of carboxylic acid groups (broad SMARTS) is 1. The average molecular weight is 330 g/mol. The summed E-state index contributed by atoms with van der Waals surface area (Å²) in [5.74, 6) is -1.30. The van der Waals surface area contributed by atoms with Gasteiger partial charge in [-0.15, -0.1) is 11.3 Å². The first-order valence-electron chi connectivity index (χ1n) is 7.64. The fourth-order valence-electron chi connectivity index (χ4n) is 2.77. The van der Waals surface area contributed by atoms with Gasteiger partial charge in [-0.3, -0.25) is 9.59 Å². The molecule has 1 aliphatic heterocycles. The van der Waals surface area contributed by atoms with E-state index < -0.39 is 11.9 Å². The maximum atomic E-state index is 12.4. The predicted octanol–water partition coefficient (Wildman–Crippen LogP) is 2.68. The molecule has 2 aromatic rings. The number of piperidine rings is 1. The zero-order valence-corrected chi connectivity index (χ0v) is 13.5. The lowest BCUT2D eigenvalue weighted by atomic mass is 9.98. The molecule has 1 fully saturated rings. The molecule has 23 heavy (non-hydrogen) atoms. The second kappa shape index (κ2) is 6.91. The molecule has 0 aliphatic carbocycles. The highest BCUT2D eigenvalue weighted by Gasteiger charge is 2.28. The number of benzene rings is 1. The van der Waals surface area contributed by atoms with Gasteiger partial charge in [-0.05, 0) is 12.8 Å². The van der Waals surface area contributed by atoms with E-state index in [9.17, 15) is 9.59 Å². The smallest absolute Gasteiger partial charge is 0.308 e. The van der Waals surface area contributed by atoms with Gasteiger partial charge in [0.15, 0.2) is 0 Å². The number of hydrogen-bond acceptors (Lipinski definition) is 4. The minimum absolute atomic E-state index is 0.0409. The molecule has 1 atom stereocenters. The van der Waals surface area contributed by atoms with E-state index in [-0.39, 0.29) is 12.3 Å². The van der Waals surface area contributed by atoms with Gasteiger partial charge in [0.05, 0.1) is 18.0 Å². The molecule has 0 unspecified atom stereocenters. The molecule has 1 aromatic carbocycles. The molecule has 2 heterocycles. The number of likely N-dealkylation sites (tertiary alicyclic amines) is 1. The summed E-state index contributed by atoms with van der Waals surface area (Å²) in [7, 11) is 0. The summed E-state index contributed by atoms with van der Waals surface area (Å²) >= 11 is 1.52. The molecule has 120 valence electrons. The summed E-state index contributed by atoms with van der Waals surface area (Å²) in [6.07, 6.45) is 1.62. The molecule has 1 saturated heterocycles. The number of carbonyl (C=O) groups is 2. The number of carboxylic acids is 1. The molecule has 5 nitrogen and oxygen atoms in total. The Morgan fingerprint density at radius 1 is 1.30 bits per heavy atom. The Morgan fingerprint density at radius 2 is 2.09 bits per heavy atom. The second-order valence-corrected chi connectivity index (χ2v) is 6.56. The maximum absolute atomic E-state index is 12.4. The van der Waals surface area contributed by atoms with Crippen LogP contribution in [-0.2, 0) is 16.0 Å². The van der Waals surface area contributed by atoms with E-state index in [0.29, 0.717) is 19.5 Å². The number of carbonyl (C=O) groups excluding carboxylic acids is 1. The Balaban J connectivity index is 1.64. The molecule has 0 saturated carbocycles. The summed E-state index contributed by atoms with van der Waals surface area (Å²) in [5, 5.41) is 11.9. The van der Waals surface area contributed by atoms with Crippen molar-refractivity contribution in [3.63, 3.8) is 0 Å². The standard InChI is InChI=1S/C17H18N2O3S/c20-15(19-8-4-7-13(10-19)17(21)22)9-14-11-23-16(18-14)12-5-2-1-3-6-12/h1-3,5-6,11,13H,4,7-10H2,(H,21,22)/t13-/m1/s1. The van der Waals surface area contributed by atoms with Crippen molar-refractivity contribution < 1.29 is 14.7 Å². The first-order chi connectivity index (χ1) is 11.1. The van der Waals surface area contributed by atoms with Crippen LogP contribution in [0.15, 0.2) is 35.7 Å². The van der Waals surface area contributed by atoms with Crippen LogP contribution in [0, 0.1) is 5.92 Å². The highest BCUT2D eigenvalue weighted by atomic mass is 32.1. The minimum atomic E-state index is -0.817. The SMILES string of the molecule is O=C(O)[C@@H]1CCCN(C(=O)Cc2csc(-c3ccccc3)n2)C1. The Bertz CT molecular complexity index is 699. The third kappa shape index (κ3) is 3.76. The van der Waals surface area contributed by atoms with E-state index in [4.69, 9.17) is 5.11 Å². The number of thiazole rings is 1. The van der Waals surface area contributed by atoms with E-state index in [2.05, 4.69) is 4.98 Å². The van der Waals surface area contributed by atoms with Crippen LogP contribution in [0.2, 0.25) is 0 Å². The highest BCUT2D eigenvalue weighted by molar-refractivity contribution is 7.13. The van der Waals surface area contributed by atoms with Gasteiger partial charge in [-0.25, -0.2) is 4.98 Å². The van der Waals surface area contributed by atoms with E-state index in [1.807, 2.05) is 35.7 Å². The van der Waals surface area contributed by atoms with Gasteiger partial charge in [0.2, 0.25) is 5.91 Å². The first-order valence-corrected chi connectivity index (χ1v) is 8.52. The van der Waals surface area contributed by atoms with Crippen LogP contribution in [0.1, 0.15) is 18.5 Å². The van der Waals surface area contributed by atoms with E-state index in [1.165, 1.54) is 11.3 Å². The van der Waals surface area contributed by atoms with Gasteiger partial charge < -0.3 is 10.0 Å². The number of amides is 1. The quantitative estimate of drug-likeness (QED) is 0.935. The van der Waals surface area contributed by atoms with E-state index in [1.54, 1.807) is 4.90 Å². The Hall–Kier alpha value is -2.21. The Kier molecular flexibility index (Phi) is 4.71. The van der Waals surface area contributed by atoms with Gasteiger partial charge in [-0.1, -0.05) is 30.3 Å². The van der Waals surface area contributed by atoms with Crippen molar-refractivity contribution in [1.29, 1.82) is 0 Å². The summed E-state index contributed by atoms with van der Waals surface area (Å²) < 4.78 is 0. The fourth-order valence-corrected chi connectivity index (χ4v) is 3.60. The lowest BCUT2D eigenvalue weighted by Crippen LogP contribution is -2.43. The van der Waals surface area contributed by atoms with Crippen molar-refractivity contribution in [2.45, 2.75) is 19.3 Å². The van der Waals surface area contributed by atoms with Gasteiger partial charge in [-0.2, -0.15) is 0 Å². The summed E-state index contributed by atoms with van der Waals surface area (Å²) in [5.41, 5.74) is 1.79. The first kappa shape index (κ1) is 15.7. The lowest BCUT2D eigenvalue weighted by molar-refractivity contribution is -0.145. The summed E-state index contributed by atoms with van der Waals surface area (Å²) in [4.78, 5) is 29.7. The minimum Gasteiger partial charge on any atom is -0.481 e. The van der Waals surface area contributed by atoms with Crippen LogP contribution in [-0.4, -0.2) is 40.0 Å². The molecule has 1 aliphatic rings. The molecule has 1 amide bonds. The van der Waals surface area contributed by atoms with Crippen molar-refractivity contribution >= 4 is 23.2 Å². The highest BCUT2D eigenvalue weighted by Crippen LogP contribution is 2.24. The topological polar surface area (TPSA) is 70.5 Å². The van der Waals surface area contributed by atoms with Crippen LogP contribution < -0.4 is 0 Å². The number of nitrogens with zero attached hydrogens (tertiary/aromatic N) is 2. The predicted molar refractivity (Wildman–Crippen MR) is 88.2 cm³/mol. The van der Waals surface area contributed by atoms with E-state index >= 15 is 0 Å². The molecule has 0 radical (unpaired) electrons. The largest absolute Gasteiger partial charge is 0.481 e. The number of hydrogen-bond donors (Lipinski definition) is 1. The van der Waals surface area contributed by atoms with Gasteiger partial charge in [0.25, 0.3) is 0 Å². The summed E-state index contributed by atoms with van der Waals surface area (Å²) in [6.45, 7) is 0.947. The van der Waals surface area contributed by atoms with Crippen molar-refractivity contribution in [2.75, 3.05) is 13.1 Å². The van der Waals surface area contributed by atoms with Crippen molar-refractivity contribution in [3.05, 3.63) is 41.4 Å². The molecular weight excluding hydrogens is 312 g/mol. The lowest BCUT2D eigenvalue weighted by Gasteiger charge is -2.30. The van der Waals surface area contributed by atoms with Gasteiger partial charge >= 0.3 is 5.97 Å². The zero-order chi connectivity index (χ0) is 16.2.